The van der Waals surface area contributed by atoms with Crippen molar-refractivity contribution >= 4 is 11.9 Å². The number of carboxylic acid groups (broad SMARTS) is 1. The van der Waals surface area contributed by atoms with Crippen LogP contribution in [0.3, 0.4) is 0 Å². The summed E-state index contributed by atoms with van der Waals surface area (Å²) in [6.45, 7) is 2.13. The molecule has 0 aromatic heterocycles. The predicted octanol–water partition coefficient (Wildman–Crippen LogP) is 2.97. The molecule has 9 heteroatoms. The lowest BCUT2D eigenvalue weighted by molar-refractivity contribution is -0.192. The summed E-state index contributed by atoms with van der Waals surface area (Å²) in [5, 5.41) is 9.98. The molecule has 0 saturated heterocycles. The van der Waals surface area contributed by atoms with E-state index in [0.717, 1.165) is 12.8 Å². The Hall–Kier alpha value is -1.41. The highest BCUT2D eigenvalue weighted by molar-refractivity contribution is 5.79. The van der Waals surface area contributed by atoms with Crippen molar-refractivity contribution in [2.75, 3.05) is 0 Å². The third-order valence-corrected chi connectivity index (χ3v) is 3.74. The van der Waals surface area contributed by atoms with Crippen LogP contribution in [0.1, 0.15) is 39.0 Å². The quantitative estimate of drug-likeness (QED) is 0.765. The van der Waals surface area contributed by atoms with E-state index in [1.807, 2.05) is 0 Å². The molecule has 0 aromatic rings. The highest BCUT2D eigenvalue weighted by Crippen LogP contribution is 2.39. The average Bonchev–Trinajstić information content (AvgIpc) is 2.67. The Morgan fingerprint density at radius 1 is 1.23 bits per heavy atom. The summed E-state index contributed by atoms with van der Waals surface area (Å²) < 4.78 is 57.5. The normalized spacial score (nSPS) is 29.8. The fourth-order valence-electron chi connectivity index (χ4n) is 2.51. The third kappa shape index (κ3) is 5.76. The zero-order valence-electron chi connectivity index (χ0n) is 11.9. The number of aliphatic carboxylic acids is 1. The maximum atomic E-state index is 12.9. The minimum absolute atomic E-state index is 0.133. The van der Waals surface area contributed by atoms with E-state index in [2.05, 4.69) is 12.2 Å². The second-order valence-corrected chi connectivity index (χ2v) is 5.88. The van der Waals surface area contributed by atoms with Crippen LogP contribution in [0.15, 0.2) is 0 Å². The standard InChI is InChI=1S/C11H17F2NO.C2HF3O2/c1-7-4-9(5-7)14-10(15)8-2-3-11(12,13)6-8;3-2(4,5)1(6)7/h7-9H,2-6H2,1H3,(H,14,15);(H,6,7)/t7?,8-,9?;/m1./s1. The molecule has 22 heavy (non-hydrogen) atoms. The molecule has 128 valence electrons. The summed E-state index contributed by atoms with van der Waals surface area (Å²) in [4.78, 5) is 20.5. The first-order valence-corrected chi connectivity index (χ1v) is 6.89. The van der Waals surface area contributed by atoms with Crippen molar-refractivity contribution in [1.29, 1.82) is 0 Å². The SMILES string of the molecule is CC1CC(NC(=O)[C@@H]2CCC(F)(F)C2)C1.O=C(O)C(F)(F)F. The lowest BCUT2D eigenvalue weighted by Crippen LogP contribution is -2.45. The maximum absolute atomic E-state index is 12.9. The largest absolute Gasteiger partial charge is 0.490 e. The first kappa shape index (κ1) is 18.6. The molecule has 1 amide bonds. The summed E-state index contributed by atoms with van der Waals surface area (Å²) in [5.41, 5.74) is 0. The Morgan fingerprint density at radius 2 is 1.73 bits per heavy atom. The number of alkyl halides is 5. The van der Waals surface area contributed by atoms with E-state index in [1.165, 1.54) is 0 Å². The van der Waals surface area contributed by atoms with Gasteiger partial charge in [0.15, 0.2) is 0 Å². The monoisotopic (exact) mass is 331 g/mol. The van der Waals surface area contributed by atoms with Crippen LogP contribution in [-0.2, 0) is 9.59 Å². The van der Waals surface area contributed by atoms with Crippen molar-refractivity contribution in [3.8, 4) is 0 Å². The molecule has 2 saturated carbocycles. The van der Waals surface area contributed by atoms with Crippen LogP contribution in [0.4, 0.5) is 22.0 Å². The minimum Gasteiger partial charge on any atom is -0.475 e. The lowest BCUT2D eigenvalue weighted by atomic mass is 9.81. The van der Waals surface area contributed by atoms with Gasteiger partial charge in [-0.2, -0.15) is 13.2 Å². The number of carbonyl (C=O) groups is 2. The summed E-state index contributed by atoms with van der Waals surface area (Å²) in [6, 6.07) is 0.238. The summed E-state index contributed by atoms with van der Waals surface area (Å²) in [7, 11) is 0. The predicted molar refractivity (Wildman–Crippen MR) is 66.3 cm³/mol. The Balaban J connectivity index is 0.000000295. The van der Waals surface area contributed by atoms with Crippen LogP contribution < -0.4 is 5.32 Å². The van der Waals surface area contributed by atoms with Crippen molar-refractivity contribution in [3.05, 3.63) is 0 Å². The van der Waals surface area contributed by atoms with Crippen LogP contribution >= 0.6 is 0 Å². The Bertz CT molecular complexity index is 418. The zero-order chi connectivity index (χ0) is 17.1. The van der Waals surface area contributed by atoms with Crippen molar-refractivity contribution in [3.63, 3.8) is 0 Å². The number of rotatable bonds is 2. The van der Waals surface area contributed by atoms with Gasteiger partial charge < -0.3 is 10.4 Å². The smallest absolute Gasteiger partial charge is 0.475 e. The van der Waals surface area contributed by atoms with E-state index >= 15 is 0 Å². The van der Waals surface area contributed by atoms with E-state index in [-0.39, 0.29) is 24.8 Å². The van der Waals surface area contributed by atoms with Gasteiger partial charge in [-0.25, -0.2) is 13.6 Å². The van der Waals surface area contributed by atoms with Crippen molar-refractivity contribution in [2.45, 2.75) is 57.2 Å². The maximum Gasteiger partial charge on any atom is 0.490 e. The summed E-state index contributed by atoms with van der Waals surface area (Å²) >= 11 is 0. The molecule has 2 aliphatic rings. The molecule has 0 aromatic carbocycles. The second kappa shape index (κ2) is 6.78. The number of hydrogen-bond acceptors (Lipinski definition) is 2. The fraction of sp³-hybridized carbons (Fsp3) is 0.846. The molecule has 4 nitrogen and oxygen atoms in total. The first-order valence-electron chi connectivity index (χ1n) is 6.89. The van der Waals surface area contributed by atoms with E-state index in [1.54, 1.807) is 0 Å². The van der Waals surface area contributed by atoms with Crippen LogP contribution in [0.25, 0.3) is 0 Å². The van der Waals surface area contributed by atoms with Gasteiger partial charge in [0.25, 0.3) is 0 Å². The molecule has 2 rings (SSSR count). The van der Waals surface area contributed by atoms with Gasteiger partial charge in [0, 0.05) is 24.8 Å². The molecule has 0 bridgehead atoms. The topological polar surface area (TPSA) is 66.4 Å². The molecule has 0 heterocycles. The number of carbonyl (C=O) groups excluding carboxylic acids is 1. The molecule has 0 unspecified atom stereocenters. The summed E-state index contributed by atoms with van der Waals surface area (Å²) in [5.74, 6) is -5.33. The molecule has 0 radical (unpaired) electrons. The highest BCUT2D eigenvalue weighted by Gasteiger charge is 2.43. The summed E-state index contributed by atoms with van der Waals surface area (Å²) in [6.07, 6.45) is -3.15. The minimum atomic E-state index is -5.08. The Kier molecular flexibility index (Phi) is 5.75. The number of nitrogens with one attached hydrogen (secondary N) is 1. The van der Waals surface area contributed by atoms with E-state index in [9.17, 15) is 26.7 Å². The fourth-order valence-corrected chi connectivity index (χ4v) is 2.51. The molecule has 2 N–H and O–H groups in total. The molecule has 0 spiro atoms. The van der Waals surface area contributed by atoms with Gasteiger partial charge in [0.05, 0.1) is 0 Å². The first-order chi connectivity index (χ1) is 9.90. The van der Waals surface area contributed by atoms with Crippen LogP contribution in [0, 0.1) is 11.8 Å². The van der Waals surface area contributed by atoms with Crippen LogP contribution in [0.5, 0.6) is 0 Å². The molecule has 2 aliphatic carbocycles. The van der Waals surface area contributed by atoms with Gasteiger partial charge in [-0.15, -0.1) is 0 Å². The number of hydrogen-bond donors (Lipinski definition) is 2. The Morgan fingerprint density at radius 3 is 2.05 bits per heavy atom. The molecular weight excluding hydrogens is 313 g/mol. The Labute approximate surface area is 124 Å². The van der Waals surface area contributed by atoms with Crippen LogP contribution in [0.2, 0.25) is 0 Å². The van der Waals surface area contributed by atoms with Gasteiger partial charge in [0.2, 0.25) is 11.8 Å². The number of halogens is 5. The van der Waals surface area contributed by atoms with Crippen molar-refractivity contribution in [1.82, 2.24) is 5.32 Å². The van der Waals surface area contributed by atoms with Gasteiger partial charge in [-0.3, -0.25) is 4.79 Å². The van der Waals surface area contributed by atoms with Crippen molar-refractivity contribution in [2.24, 2.45) is 11.8 Å². The van der Waals surface area contributed by atoms with E-state index < -0.39 is 24.0 Å². The number of amides is 1. The second-order valence-electron chi connectivity index (χ2n) is 5.88. The van der Waals surface area contributed by atoms with Crippen molar-refractivity contribution < 1.29 is 36.6 Å². The van der Waals surface area contributed by atoms with E-state index in [4.69, 9.17) is 9.90 Å². The van der Waals surface area contributed by atoms with Crippen LogP contribution in [-0.4, -0.2) is 35.1 Å². The van der Waals surface area contributed by atoms with Gasteiger partial charge in [-0.05, 0) is 25.2 Å². The lowest BCUT2D eigenvalue weighted by Gasteiger charge is -2.34. The average molecular weight is 331 g/mol. The number of carboxylic acids is 1. The van der Waals surface area contributed by atoms with E-state index in [0.29, 0.717) is 12.3 Å². The highest BCUT2D eigenvalue weighted by atomic mass is 19.4. The molecule has 2 fully saturated rings. The van der Waals surface area contributed by atoms with Gasteiger partial charge in [-0.1, -0.05) is 6.92 Å². The zero-order valence-corrected chi connectivity index (χ0v) is 11.9. The van der Waals surface area contributed by atoms with Gasteiger partial charge in [0.1, 0.15) is 0 Å². The molecular formula is C13H18F5NO3. The third-order valence-electron chi connectivity index (χ3n) is 3.74. The molecule has 0 aliphatic heterocycles. The van der Waals surface area contributed by atoms with Gasteiger partial charge >= 0.3 is 12.1 Å². The molecule has 1 atom stereocenters.